The molecule has 1 saturated heterocycles. The second-order valence-corrected chi connectivity index (χ2v) is 4.97. The molecular weight excluding hydrogens is 212 g/mol. The summed E-state index contributed by atoms with van der Waals surface area (Å²) in [5.41, 5.74) is 2.56. The molecule has 17 heavy (non-hydrogen) atoms. The van der Waals surface area contributed by atoms with Gasteiger partial charge in [0, 0.05) is 37.5 Å². The number of nitrogens with zero attached hydrogens (tertiary/aromatic N) is 1. The van der Waals surface area contributed by atoms with Crippen LogP contribution in [-0.4, -0.2) is 36.9 Å². The van der Waals surface area contributed by atoms with Crippen molar-refractivity contribution in [2.45, 2.75) is 32.4 Å². The molecule has 1 aromatic carbocycles. The summed E-state index contributed by atoms with van der Waals surface area (Å²) < 4.78 is 0. The second-order valence-electron chi connectivity index (χ2n) is 4.97. The van der Waals surface area contributed by atoms with Gasteiger partial charge in [0.2, 0.25) is 0 Å². The van der Waals surface area contributed by atoms with Gasteiger partial charge in [0.25, 0.3) is 0 Å². The minimum Gasteiger partial charge on any atom is -0.396 e. The lowest BCUT2D eigenvalue weighted by atomic mass is 10.0. The fraction of sp³-hybridized carbons (Fsp3) is 0.571. The van der Waals surface area contributed by atoms with E-state index in [4.69, 9.17) is 5.11 Å². The molecule has 2 atom stereocenters. The van der Waals surface area contributed by atoms with E-state index in [1.54, 1.807) is 0 Å². The van der Waals surface area contributed by atoms with E-state index in [1.807, 2.05) is 0 Å². The molecule has 0 aliphatic carbocycles. The number of aliphatic hydroxyl groups excluding tert-OH is 1. The van der Waals surface area contributed by atoms with E-state index in [9.17, 15) is 0 Å². The molecule has 0 aromatic heterocycles. The number of benzene rings is 1. The van der Waals surface area contributed by atoms with Crippen LogP contribution in [0, 0.1) is 6.92 Å². The third-order valence-electron chi connectivity index (χ3n) is 3.41. The predicted molar refractivity (Wildman–Crippen MR) is 71.5 cm³/mol. The van der Waals surface area contributed by atoms with Crippen molar-refractivity contribution < 1.29 is 5.11 Å². The predicted octanol–water partition coefficient (Wildman–Crippen LogP) is 1.54. The zero-order valence-electron chi connectivity index (χ0n) is 10.7. The van der Waals surface area contributed by atoms with Crippen molar-refractivity contribution in [1.29, 1.82) is 0 Å². The number of aliphatic hydroxyl groups is 1. The van der Waals surface area contributed by atoms with E-state index in [2.05, 4.69) is 48.3 Å². The van der Waals surface area contributed by atoms with E-state index >= 15 is 0 Å². The molecule has 1 aliphatic rings. The lowest BCUT2D eigenvalue weighted by Gasteiger charge is -2.41. The van der Waals surface area contributed by atoms with E-state index in [-0.39, 0.29) is 6.61 Å². The van der Waals surface area contributed by atoms with Gasteiger partial charge < -0.3 is 15.3 Å². The molecule has 2 N–H and O–H groups in total. The lowest BCUT2D eigenvalue weighted by Crippen LogP contribution is -2.56. The number of rotatable bonds is 3. The number of hydrogen-bond acceptors (Lipinski definition) is 3. The molecule has 1 aliphatic heterocycles. The molecule has 1 fully saturated rings. The number of hydrogen-bond donors (Lipinski definition) is 2. The summed E-state index contributed by atoms with van der Waals surface area (Å²) in [6, 6.07) is 9.52. The highest BCUT2D eigenvalue weighted by Gasteiger charge is 2.25. The lowest BCUT2D eigenvalue weighted by molar-refractivity contribution is 0.260. The van der Waals surface area contributed by atoms with Crippen LogP contribution in [0.25, 0.3) is 0 Å². The standard InChI is InChI=1S/C14H22N2O/c1-11-4-3-5-13(8-11)16-10-12(2)15-9-14(16)6-7-17/h3-5,8,12,14-15,17H,6-7,9-10H2,1-2H3. The SMILES string of the molecule is Cc1cccc(N2CC(C)NCC2CCO)c1. The molecule has 3 nitrogen and oxygen atoms in total. The molecule has 3 heteroatoms. The van der Waals surface area contributed by atoms with Gasteiger partial charge in [-0.25, -0.2) is 0 Å². The van der Waals surface area contributed by atoms with E-state index in [0.717, 1.165) is 19.5 Å². The van der Waals surface area contributed by atoms with E-state index in [0.29, 0.717) is 12.1 Å². The zero-order valence-corrected chi connectivity index (χ0v) is 10.7. The van der Waals surface area contributed by atoms with Crippen LogP contribution in [-0.2, 0) is 0 Å². The molecule has 0 radical (unpaired) electrons. The van der Waals surface area contributed by atoms with Crippen molar-refractivity contribution in [1.82, 2.24) is 5.32 Å². The Morgan fingerprint density at radius 3 is 3.00 bits per heavy atom. The maximum absolute atomic E-state index is 9.15. The van der Waals surface area contributed by atoms with Gasteiger partial charge >= 0.3 is 0 Å². The maximum Gasteiger partial charge on any atom is 0.0451 e. The highest BCUT2D eigenvalue weighted by Crippen LogP contribution is 2.22. The topological polar surface area (TPSA) is 35.5 Å². The monoisotopic (exact) mass is 234 g/mol. The molecule has 2 rings (SSSR count). The largest absolute Gasteiger partial charge is 0.396 e. The quantitative estimate of drug-likeness (QED) is 0.833. The van der Waals surface area contributed by atoms with Crippen molar-refractivity contribution >= 4 is 5.69 Å². The summed E-state index contributed by atoms with van der Waals surface area (Å²) in [7, 11) is 0. The van der Waals surface area contributed by atoms with Gasteiger partial charge in [-0.05, 0) is 38.0 Å². The Morgan fingerprint density at radius 1 is 1.47 bits per heavy atom. The molecule has 1 heterocycles. The summed E-state index contributed by atoms with van der Waals surface area (Å²) in [6.07, 6.45) is 0.827. The van der Waals surface area contributed by atoms with Gasteiger partial charge in [-0.3, -0.25) is 0 Å². The Kier molecular flexibility index (Phi) is 4.02. The van der Waals surface area contributed by atoms with Crippen molar-refractivity contribution in [2.75, 3.05) is 24.6 Å². The van der Waals surface area contributed by atoms with Crippen molar-refractivity contribution in [3.8, 4) is 0 Å². The molecule has 0 spiro atoms. The van der Waals surface area contributed by atoms with Crippen LogP contribution in [0.3, 0.4) is 0 Å². The van der Waals surface area contributed by atoms with Crippen LogP contribution in [0.5, 0.6) is 0 Å². The van der Waals surface area contributed by atoms with Crippen molar-refractivity contribution in [3.63, 3.8) is 0 Å². The van der Waals surface area contributed by atoms with Gasteiger partial charge in [0.1, 0.15) is 0 Å². The normalized spacial score (nSPS) is 25.0. The van der Waals surface area contributed by atoms with Gasteiger partial charge in [0.15, 0.2) is 0 Å². The smallest absolute Gasteiger partial charge is 0.0451 e. The minimum atomic E-state index is 0.253. The summed E-state index contributed by atoms with van der Waals surface area (Å²) in [6.45, 7) is 6.54. The summed E-state index contributed by atoms with van der Waals surface area (Å²) in [5.74, 6) is 0. The molecule has 0 saturated carbocycles. The van der Waals surface area contributed by atoms with E-state index in [1.165, 1.54) is 11.3 Å². The zero-order chi connectivity index (χ0) is 12.3. The fourth-order valence-electron chi connectivity index (χ4n) is 2.49. The number of nitrogens with one attached hydrogen (secondary N) is 1. The Hall–Kier alpha value is -1.06. The van der Waals surface area contributed by atoms with Gasteiger partial charge in [-0.1, -0.05) is 12.1 Å². The number of anilines is 1. The fourth-order valence-corrected chi connectivity index (χ4v) is 2.49. The Balaban J connectivity index is 2.19. The first-order valence-corrected chi connectivity index (χ1v) is 6.38. The van der Waals surface area contributed by atoms with Crippen LogP contribution in [0.15, 0.2) is 24.3 Å². The Labute approximate surface area is 103 Å². The molecule has 94 valence electrons. The van der Waals surface area contributed by atoms with Crippen molar-refractivity contribution in [3.05, 3.63) is 29.8 Å². The average molecular weight is 234 g/mol. The highest BCUT2D eigenvalue weighted by atomic mass is 16.3. The Bertz CT molecular complexity index is 367. The third kappa shape index (κ3) is 2.99. The minimum absolute atomic E-state index is 0.253. The van der Waals surface area contributed by atoms with Crippen LogP contribution in [0.1, 0.15) is 18.9 Å². The summed E-state index contributed by atoms with van der Waals surface area (Å²) in [5, 5.41) is 12.6. The van der Waals surface area contributed by atoms with Crippen molar-refractivity contribution in [2.24, 2.45) is 0 Å². The van der Waals surface area contributed by atoms with Gasteiger partial charge in [-0.15, -0.1) is 0 Å². The van der Waals surface area contributed by atoms with E-state index < -0.39 is 0 Å². The molecule has 0 amide bonds. The summed E-state index contributed by atoms with van der Waals surface area (Å²) >= 11 is 0. The number of aryl methyl sites for hydroxylation is 1. The number of piperazine rings is 1. The average Bonchev–Trinajstić information content (AvgIpc) is 2.32. The first-order valence-electron chi connectivity index (χ1n) is 6.38. The first kappa shape index (κ1) is 12.4. The summed E-state index contributed by atoms with van der Waals surface area (Å²) in [4.78, 5) is 2.42. The molecule has 2 unspecified atom stereocenters. The third-order valence-corrected chi connectivity index (χ3v) is 3.41. The first-order chi connectivity index (χ1) is 8.20. The van der Waals surface area contributed by atoms with Gasteiger partial charge in [0.05, 0.1) is 0 Å². The van der Waals surface area contributed by atoms with Gasteiger partial charge in [-0.2, -0.15) is 0 Å². The van der Waals surface area contributed by atoms with Crippen LogP contribution >= 0.6 is 0 Å². The molecule has 1 aromatic rings. The van der Waals surface area contributed by atoms with Crippen LogP contribution in [0.2, 0.25) is 0 Å². The second kappa shape index (κ2) is 5.52. The maximum atomic E-state index is 9.15. The molecular formula is C14H22N2O. The Morgan fingerprint density at radius 2 is 2.29 bits per heavy atom. The highest BCUT2D eigenvalue weighted by molar-refractivity contribution is 5.50. The van der Waals surface area contributed by atoms with Crippen LogP contribution in [0.4, 0.5) is 5.69 Å². The molecule has 0 bridgehead atoms. The van der Waals surface area contributed by atoms with Crippen LogP contribution < -0.4 is 10.2 Å².